The molecule has 4 atom stereocenters. The Morgan fingerprint density at radius 3 is 2.48 bits per heavy atom. The van der Waals surface area contributed by atoms with E-state index in [0.717, 1.165) is 44.2 Å². The number of nitrogens with one attached hydrogen (secondary N) is 1. The molecule has 11 heteroatoms. The predicted octanol–water partition coefficient (Wildman–Crippen LogP) is 3.63. The SMILES string of the molecule is COC(=O)[C@]12C[C@H](CC(=O)NCCCN3CCCC3=O)C(=O)N(CCc3ccc(OC)c(OC)c3)C1=C[C@H](C1CCCC1)O[C@@H]2C. The maximum atomic E-state index is 14.3. The molecule has 1 aromatic carbocycles. The molecule has 46 heavy (non-hydrogen) atoms. The maximum Gasteiger partial charge on any atom is 0.320 e. The Labute approximate surface area is 271 Å². The third-order valence-corrected chi connectivity index (χ3v) is 10.3. The molecule has 3 fully saturated rings. The summed E-state index contributed by atoms with van der Waals surface area (Å²) >= 11 is 0. The largest absolute Gasteiger partial charge is 0.493 e. The van der Waals surface area contributed by atoms with Crippen molar-refractivity contribution < 1.29 is 38.1 Å². The predicted molar refractivity (Wildman–Crippen MR) is 170 cm³/mol. The molecule has 1 saturated carbocycles. The lowest BCUT2D eigenvalue weighted by atomic mass is 9.66. The standard InChI is InChI=1S/C35H49N3O8/c1-23-35(34(42)45-4)22-26(20-31(39)36-15-8-17-37-16-7-11-32(37)40)33(41)38(30(35)21-28(46-23)25-9-5-6-10-25)18-14-24-12-13-27(43-2)29(19-24)44-3/h12-13,19,21,23,25-26,28H,5-11,14-18,20,22H2,1-4H3,(H,36,39)/t23-,26+,28-,35+/m1/s1. The summed E-state index contributed by atoms with van der Waals surface area (Å²) in [6, 6.07) is 5.67. The fourth-order valence-corrected chi connectivity index (χ4v) is 7.79. The molecule has 0 bridgehead atoms. The minimum atomic E-state index is -1.23. The molecule has 2 saturated heterocycles. The molecule has 4 aliphatic rings. The molecule has 0 spiro atoms. The van der Waals surface area contributed by atoms with Gasteiger partial charge in [0.15, 0.2) is 11.5 Å². The van der Waals surface area contributed by atoms with E-state index in [0.29, 0.717) is 62.0 Å². The van der Waals surface area contributed by atoms with Crippen LogP contribution in [0.2, 0.25) is 0 Å². The normalized spacial score (nSPS) is 26.5. The molecule has 0 aromatic heterocycles. The fourth-order valence-electron chi connectivity index (χ4n) is 7.79. The molecule has 1 aromatic rings. The molecular weight excluding hydrogens is 590 g/mol. The number of ether oxygens (including phenoxy) is 4. The Kier molecular flexibility index (Phi) is 10.9. The van der Waals surface area contributed by atoms with Crippen molar-refractivity contribution in [2.75, 3.05) is 47.5 Å². The highest BCUT2D eigenvalue weighted by molar-refractivity contribution is 5.92. The van der Waals surface area contributed by atoms with E-state index in [4.69, 9.17) is 18.9 Å². The third kappa shape index (κ3) is 6.89. The van der Waals surface area contributed by atoms with E-state index in [1.807, 2.05) is 36.1 Å². The fraction of sp³-hybridized carbons (Fsp3) is 0.657. The zero-order valence-electron chi connectivity index (χ0n) is 27.7. The van der Waals surface area contributed by atoms with Gasteiger partial charge in [-0.3, -0.25) is 19.2 Å². The lowest BCUT2D eigenvalue weighted by molar-refractivity contribution is -0.177. The van der Waals surface area contributed by atoms with Crippen LogP contribution in [-0.4, -0.2) is 93.2 Å². The first-order valence-corrected chi connectivity index (χ1v) is 16.7. The van der Waals surface area contributed by atoms with Crippen LogP contribution in [0.15, 0.2) is 30.0 Å². The average Bonchev–Trinajstić information content (AvgIpc) is 3.75. The molecule has 3 aliphatic heterocycles. The van der Waals surface area contributed by atoms with Gasteiger partial charge < -0.3 is 34.1 Å². The summed E-state index contributed by atoms with van der Waals surface area (Å²) in [5.41, 5.74) is 0.349. The quantitative estimate of drug-likeness (QED) is 0.257. The monoisotopic (exact) mass is 639 g/mol. The summed E-state index contributed by atoms with van der Waals surface area (Å²) in [5.74, 6) is 0.0588. The Balaban J connectivity index is 1.39. The van der Waals surface area contributed by atoms with Crippen molar-refractivity contribution in [3.63, 3.8) is 0 Å². The maximum absolute atomic E-state index is 14.3. The number of carbonyl (C=O) groups is 4. The first kappa shape index (κ1) is 33.8. The first-order chi connectivity index (χ1) is 22.2. The summed E-state index contributed by atoms with van der Waals surface area (Å²) in [7, 11) is 4.53. The van der Waals surface area contributed by atoms with Crippen LogP contribution in [-0.2, 0) is 35.1 Å². The summed E-state index contributed by atoms with van der Waals surface area (Å²) in [6.45, 7) is 3.97. The molecule has 11 nitrogen and oxygen atoms in total. The number of piperidine rings is 1. The van der Waals surface area contributed by atoms with Gasteiger partial charge in [-0.25, -0.2) is 0 Å². The molecule has 252 valence electrons. The topological polar surface area (TPSA) is 124 Å². The van der Waals surface area contributed by atoms with E-state index in [1.54, 1.807) is 19.1 Å². The Hall–Kier alpha value is -3.60. The van der Waals surface area contributed by atoms with Crippen LogP contribution in [0.4, 0.5) is 0 Å². The van der Waals surface area contributed by atoms with Gasteiger partial charge in [0.05, 0.1) is 33.5 Å². The number of hydrogen-bond acceptors (Lipinski definition) is 8. The van der Waals surface area contributed by atoms with E-state index in [2.05, 4.69) is 5.32 Å². The number of fused-ring (bicyclic) bond motifs is 1. The number of benzene rings is 1. The second-order valence-corrected chi connectivity index (χ2v) is 13.0. The Bertz CT molecular complexity index is 1320. The van der Waals surface area contributed by atoms with E-state index in [-0.39, 0.29) is 36.7 Å². The number of hydrogen-bond donors (Lipinski definition) is 1. The van der Waals surface area contributed by atoms with Crippen molar-refractivity contribution in [3.05, 3.63) is 35.5 Å². The second kappa shape index (κ2) is 14.9. The van der Waals surface area contributed by atoms with E-state index in [9.17, 15) is 19.2 Å². The summed E-state index contributed by atoms with van der Waals surface area (Å²) in [6.07, 6.45) is 8.27. The second-order valence-electron chi connectivity index (χ2n) is 13.0. The van der Waals surface area contributed by atoms with Crippen molar-refractivity contribution in [2.24, 2.45) is 17.3 Å². The first-order valence-electron chi connectivity index (χ1n) is 16.7. The number of carbonyl (C=O) groups excluding carboxylic acids is 4. The molecule has 3 heterocycles. The van der Waals surface area contributed by atoms with Gasteiger partial charge in [0.1, 0.15) is 5.41 Å². The number of esters is 1. The molecule has 1 N–H and O–H groups in total. The number of methoxy groups -OCH3 is 3. The van der Waals surface area contributed by atoms with Crippen LogP contribution in [0.25, 0.3) is 0 Å². The summed E-state index contributed by atoms with van der Waals surface area (Å²) < 4.78 is 22.9. The van der Waals surface area contributed by atoms with Crippen LogP contribution in [0.3, 0.4) is 0 Å². The van der Waals surface area contributed by atoms with Crippen molar-refractivity contribution in [1.82, 2.24) is 15.1 Å². The molecule has 0 unspecified atom stereocenters. The number of amides is 3. The van der Waals surface area contributed by atoms with Gasteiger partial charge in [-0.2, -0.15) is 0 Å². The van der Waals surface area contributed by atoms with Crippen LogP contribution in [0.5, 0.6) is 11.5 Å². The lowest BCUT2D eigenvalue weighted by Crippen LogP contribution is -2.61. The smallest absolute Gasteiger partial charge is 0.320 e. The number of likely N-dealkylation sites (tertiary alicyclic amines) is 2. The van der Waals surface area contributed by atoms with E-state index < -0.39 is 23.4 Å². The zero-order valence-corrected chi connectivity index (χ0v) is 27.7. The highest BCUT2D eigenvalue weighted by atomic mass is 16.5. The van der Waals surface area contributed by atoms with Crippen LogP contribution in [0, 0.1) is 17.3 Å². The zero-order chi connectivity index (χ0) is 32.8. The number of nitrogens with zero attached hydrogens (tertiary/aromatic N) is 2. The van der Waals surface area contributed by atoms with E-state index in [1.165, 1.54) is 7.11 Å². The Morgan fingerprint density at radius 2 is 1.80 bits per heavy atom. The number of rotatable bonds is 13. The molecule has 1 aliphatic carbocycles. The minimum Gasteiger partial charge on any atom is -0.493 e. The summed E-state index contributed by atoms with van der Waals surface area (Å²) in [4.78, 5) is 56.8. The van der Waals surface area contributed by atoms with Crippen molar-refractivity contribution in [1.29, 1.82) is 0 Å². The van der Waals surface area contributed by atoms with Gasteiger partial charge in [-0.1, -0.05) is 18.9 Å². The minimum absolute atomic E-state index is 0.0564. The van der Waals surface area contributed by atoms with E-state index >= 15 is 0 Å². The Morgan fingerprint density at radius 1 is 1.04 bits per heavy atom. The lowest BCUT2D eigenvalue weighted by Gasteiger charge is -2.52. The van der Waals surface area contributed by atoms with Gasteiger partial charge >= 0.3 is 5.97 Å². The van der Waals surface area contributed by atoms with Crippen LogP contribution in [0.1, 0.15) is 70.3 Å². The molecule has 3 amide bonds. The van der Waals surface area contributed by atoms with Gasteiger partial charge in [0.25, 0.3) is 0 Å². The third-order valence-electron chi connectivity index (χ3n) is 10.3. The van der Waals surface area contributed by atoms with Crippen molar-refractivity contribution >= 4 is 23.7 Å². The van der Waals surface area contributed by atoms with Crippen LogP contribution >= 0.6 is 0 Å². The van der Waals surface area contributed by atoms with Crippen molar-refractivity contribution in [3.8, 4) is 11.5 Å². The van der Waals surface area contributed by atoms with Gasteiger partial charge in [-0.05, 0) is 75.1 Å². The van der Waals surface area contributed by atoms with Crippen LogP contribution < -0.4 is 14.8 Å². The van der Waals surface area contributed by atoms with Gasteiger partial charge in [0.2, 0.25) is 17.7 Å². The van der Waals surface area contributed by atoms with Crippen molar-refractivity contribution in [2.45, 2.75) is 83.3 Å². The molecular formula is C35H49N3O8. The van der Waals surface area contributed by atoms with Gasteiger partial charge in [0, 0.05) is 50.6 Å². The average molecular weight is 640 g/mol. The van der Waals surface area contributed by atoms with Gasteiger partial charge in [-0.15, -0.1) is 0 Å². The molecule has 0 radical (unpaired) electrons. The highest BCUT2D eigenvalue weighted by Gasteiger charge is 2.60. The molecule has 5 rings (SSSR count). The highest BCUT2D eigenvalue weighted by Crippen LogP contribution is 2.51. The summed E-state index contributed by atoms with van der Waals surface area (Å²) in [5, 5.41) is 2.93.